The van der Waals surface area contributed by atoms with Gasteiger partial charge in [0, 0.05) is 18.2 Å². The summed E-state index contributed by atoms with van der Waals surface area (Å²) in [6.07, 6.45) is -10.4. The van der Waals surface area contributed by atoms with Crippen molar-refractivity contribution in [1.82, 2.24) is 9.97 Å². The van der Waals surface area contributed by atoms with Crippen LogP contribution in [0.15, 0.2) is 54.6 Å². The van der Waals surface area contributed by atoms with Gasteiger partial charge in [0.05, 0.1) is 22.4 Å². The van der Waals surface area contributed by atoms with Gasteiger partial charge in [-0.2, -0.15) is 31.3 Å². The molecule has 188 valence electrons. The minimum absolute atomic E-state index is 0.0646. The highest BCUT2D eigenvalue weighted by Gasteiger charge is 2.38. The highest BCUT2D eigenvalue weighted by molar-refractivity contribution is 6.31. The molecule has 14 heteroatoms. The average molecular weight is 523 g/mol. The van der Waals surface area contributed by atoms with Gasteiger partial charge in [0.1, 0.15) is 5.82 Å². The second-order valence-corrected chi connectivity index (χ2v) is 7.21. The minimum atomic E-state index is -5.08. The van der Waals surface area contributed by atoms with E-state index in [1.54, 1.807) is 12.1 Å². The number of aromatic nitrogens is 2. The first-order valence-electron chi connectivity index (χ1n) is 9.47. The molecule has 0 aliphatic heterocycles. The van der Waals surface area contributed by atoms with Gasteiger partial charge in [0.25, 0.3) is 0 Å². The fourth-order valence-electron chi connectivity index (χ4n) is 2.60. The van der Waals surface area contributed by atoms with Crippen LogP contribution in [0.2, 0.25) is 5.02 Å². The summed E-state index contributed by atoms with van der Waals surface area (Å²) in [6.45, 7) is 0.160. The van der Waals surface area contributed by atoms with Crippen molar-refractivity contribution in [2.75, 3.05) is 17.6 Å². The Bertz CT molecular complexity index is 1160. The number of carbonyl (C=O) groups is 1. The summed E-state index contributed by atoms with van der Waals surface area (Å²) < 4.78 is 70.3. The number of nitrogen functional groups attached to an aromatic ring is 1. The number of anilines is 2. The third kappa shape index (κ3) is 8.30. The Morgan fingerprint density at radius 2 is 1.63 bits per heavy atom. The molecule has 3 rings (SSSR count). The second-order valence-electron chi connectivity index (χ2n) is 6.80. The number of aliphatic carboxylic acids is 1. The first-order chi connectivity index (χ1) is 16.2. The predicted octanol–water partition coefficient (Wildman–Crippen LogP) is 5.18. The summed E-state index contributed by atoms with van der Waals surface area (Å²) >= 11 is 5.77. The number of halogens is 7. The molecule has 0 amide bonds. The molecule has 0 radical (unpaired) electrons. The van der Waals surface area contributed by atoms with E-state index in [9.17, 15) is 31.4 Å². The summed E-state index contributed by atoms with van der Waals surface area (Å²) in [5.41, 5.74) is 6.18. The summed E-state index contributed by atoms with van der Waals surface area (Å²) in [7, 11) is 0. The van der Waals surface area contributed by atoms with Crippen LogP contribution in [-0.2, 0) is 11.0 Å². The van der Waals surface area contributed by atoms with Crippen molar-refractivity contribution in [3.8, 4) is 11.3 Å². The van der Waals surface area contributed by atoms with Gasteiger partial charge in [-0.1, -0.05) is 48.0 Å². The highest BCUT2D eigenvalue weighted by atomic mass is 35.5. The van der Waals surface area contributed by atoms with E-state index < -0.39 is 35.0 Å². The lowest BCUT2D eigenvalue weighted by Gasteiger charge is -2.14. The number of nitrogens with zero attached hydrogens (tertiary/aromatic N) is 2. The van der Waals surface area contributed by atoms with Crippen LogP contribution < -0.4 is 11.1 Å². The normalized spacial score (nSPS) is 12.3. The summed E-state index contributed by atoms with van der Waals surface area (Å²) in [4.78, 5) is 17.0. The monoisotopic (exact) mass is 522 g/mol. The Hall–Kier alpha value is -3.58. The summed E-state index contributed by atoms with van der Waals surface area (Å²) in [5.74, 6) is -2.49. The maximum absolute atomic E-state index is 12.9. The van der Waals surface area contributed by atoms with Crippen LogP contribution >= 0.6 is 11.6 Å². The molecule has 2 aromatic carbocycles. The maximum Gasteiger partial charge on any atom is 0.490 e. The van der Waals surface area contributed by atoms with E-state index in [-0.39, 0.29) is 12.5 Å². The predicted molar refractivity (Wildman–Crippen MR) is 115 cm³/mol. The van der Waals surface area contributed by atoms with Crippen LogP contribution in [0.3, 0.4) is 0 Å². The van der Waals surface area contributed by atoms with Gasteiger partial charge in [-0.3, -0.25) is 0 Å². The van der Waals surface area contributed by atoms with Crippen molar-refractivity contribution in [2.24, 2.45) is 0 Å². The molecule has 0 bridgehead atoms. The van der Waals surface area contributed by atoms with E-state index >= 15 is 0 Å². The number of hydrogen-bond acceptors (Lipinski definition) is 6. The Balaban J connectivity index is 0.000000540. The molecule has 5 N–H and O–H groups in total. The highest BCUT2D eigenvalue weighted by Crippen LogP contribution is 2.36. The average Bonchev–Trinajstić information content (AvgIpc) is 2.76. The quantitative estimate of drug-likeness (QED) is 0.341. The van der Waals surface area contributed by atoms with E-state index in [0.717, 1.165) is 11.6 Å². The van der Waals surface area contributed by atoms with Crippen molar-refractivity contribution in [1.29, 1.82) is 0 Å². The molecule has 0 saturated carbocycles. The van der Waals surface area contributed by atoms with E-state index in [4.69, 9.17) is 27.2 Å². The molecular weight excluding hydrogens is 506 g/mol. The van der Waals surface area contributed by atoms with Gasteiger partial charge in [-0.05, 0) is 17.7 Å². The maximum atomic E-state index is 12.9. The zero-order valence-corrected chi connectivity index (χ0v) is 18.2. The van der Waals surface area contributed by atoms with Crippen LogP contribution in [0.25, 0.3) is 11.3 Å². The van der Waals surface area contributed by atoms with Crippen LogP contribution in [0.1, 0.15) is 17.2 Å². The number of nitrogens with two attached hydrogens (primary N) is 1. The molecule has 1 aromatic heterocycles. The number of carboxylic acid groups (broad SMARTS) is 1. The van der Waals surface area contributed by atoms with Gasteiger partial charge in [-0.25, -0.2) is 9.78 Å². The van der Waals surface area contributed by atoms with Crippen LogP contribution in [0.4, 0.5) is 38.1 Å². The molecule has 1 heterocycles. The Morgan fingerprint density at radius 1 is 1.03 bits per heavy atom. The van der Waals surface area contributed by atoms with Crippen molar-refractivity contribution in [3.63, 3.8) is 0 Å². The van der Waals surface area contributed by atoms with E-state index in [1.807, 2.05) is 18.2 Å². The lowest BCUT2D eigenvalue weighted by Crippen LogP contribution is -2.21. The molecule has 35 heavy (non-hydrogen) atoms. The molecule has 0 fully saturated rings. The third-order valence-electron chi connectivity index (χ3n) is 4.22. The summed E-state index contributed by atoms with van der Waals surface area (Å²) in [6, 6.07) is 13.9. The van der Waals surface area contributed by atoms with Crippen LogP contribution in [-0.4, -0.2) is 38.9 Å². The molecule has 0 spiro atoms. The van der Waals surface area contributed by atoms with Crippen LogP contribution in [0, 0.1) is 0 Å². The number of nitrogens with one attached hydrogen (secondary N) is 1. The largest absolute Gasteiger partial charge is 0.490 e. The molecule has 7 nitrogen and oxygen atoms in total. The number of carboxylic acids is 1. The number of aliphatic hydroxyl groups is 1. The zero-order chi connectivity index (χ0) is 26.4. The van der Waals surface area contributed by atoms with E-state index in [1.165, 1.54) is 18.2 Å². The number of aliphatic hydroxyl groups excluding tert-OH is 1. The molecule has 1 atom stereocenters. The molecule has 0 unspecified atom stereocenters. The number of alkyl halides is 6. The van der Waals surface area contributed by atoms with E-state index in [2.05, 4.69) is 15.3 Å². The molecule has 0 aliphatic rings. The number of rotatable bonds is 5. The SMILES string of the molecule is Nc1nc(NC[C@H](O)c2ccccc2)cc(-c2ccc(C(F)(F)F)c(Cl)c2)n1.O=C(O)C(F)(F)F. The topological polar surface area (TPSA) is 121 Å². The minimum Gasteiger partial charge on any atom is -0.475 e. The van der Waals surface area contributed by atoms with Crippen molar-refractivity contribution < 1.29 is 41.4 Å². The van der Waals surface area contributed by atoms with E-state index in [0.29, 0.717) is 17.1 Å². The number of benzene rings is 2. The van der Waals surface area contributed by atoms with Gasteiger partial charge >= 0.3 is 18.3 Å². The standard InChI is InChI=1S/C19H16ClF3N4O.C2HF3O2/c20-14-8-12(6-7-13(14)19(21,22)23)15-9-17(27-18(24)26-15)25-10-16(28)11-4-2-1-3-5-11;3-2(4,5)1(6)7/h1-9,16,28H,10H2,(H3,24,25,26,27);(H,6,7)/t16-;/m0./s1. The van der Waals surface area contributed by atoms with Crippen LogP contribution in [0.5, 0.6) is 0 Å². The zero-order valence-electron chi connectivity index (χ0n) is 17.4. The molecule has 0 aliphatic carbocycles. The van der Waals surface area contributed by atoms with Gasteiger partial charge in [-0.15, -0.1) is 0 Å². The molecule has 0 saturated heterocycles. The van der Waals surface area contributed by atoms with Gasteiger partial charge in [0.15, 0.2) is 0 Å². The molecule has 3 aromatic rings. The molecular formula is C21H17ClF6N4O3. The third-order valence-corrected chi connectivity index (χ3v) is 4.53. The first-order valence-corrected chi connectivity index (χ1v) is 9.85. The Kier molecular flexibility index (Phi) is 8.88. The lowest BCUT2D eigenvalue weighted by molar-refractivity contribution is -0.192. The summed E-state index contributed by atoms with van der Waals surface area (Å²) in [5, 5.41) is 19.9. The van der Waals surface area contributed by atoms with Crippen molar-refractivity contribution in [3.05, 3.63) is 70.7 Å². The Labute approximate surface area is 199 Å². The van der Waals surface area contributed by atoms with Gasteiger partial charge < -0.3 is 21.3 Å². The lowest BCUT2D eigenvalue weighted by atomic mass is 10.1. The fraction of sp³-hybridized carbons (Fsp3) is 0.190. The fourth-order valence-corrected chi connectivity index (χ4v) is 2.89. The van der Waals surface area contributed by atoms with Crippen molar-refractivity contribution >= 4 is 29.3 Å². The van der Waals surface area contributed by atoms with Crippen molar-refractivity contribution in [2.45, 2.75) is 18.5 Å². The van der Waals surface area contributed by atoms with Gasteiger partial charge in [0.2, 0.25) is 5.95 Å². The smallest absolute Gasteiger partial charge is 0.475 e. The first kappa shape index (κ1) is 27.7. The second kappa shape index (κ2) is 11.2. The Morgan fingerprint density at radius 3 is 2.14 bits per heavy atom. The number of hydrogen-bond donors (Lipinski definition) is 4.